The minimum Gasteiger partial charge on any atom is -0.329 e. The Hall–Kier alpha value is -0.120. The zero-order valence-electron chi connectivity index (χ0n) is 10.7. The van der Waals surface area contributed by atoms with Crippen molar-refractivity contribution in [2.75, 3.05) is 39.8 Å². The summed E-state index contributed by atoms with van der Waals surface area (Å²) >= 11 is 0. The van der Waals surface area contributed by atoms with Gasteiger partial charge in [0.2, 0.25) is 0 Å². The summed E-state index contributed by atoms with van der Waals surface area (Å²) < 4.78 is 0. The Morgan fingerprint density at radius 3 is 2.00 bits per heavy atom. The Bertz CT molecular complexity index is 201. The van der Waals surface area contributed by atoms with Gasteiger partial charge in [0.05, 0.1) is 0 Å². The first-order valence-electron chi connectivity index (χ1n) is 6.90. The fourth-order valence-corrected chi connectivity index (χ4v) is 3.32. The van der Waals surface area contributed by atoms with E-state index in [9.17, 15) is 0 Å². The van der Waals surface area contributed by atoms with Gasteiger partial charge >= 0.3 is 0 Å². The molecular formula is C13H27N3. The van der Waals surface area contributed by atoms with E-state index in [2.05, 4.69) is 16.8 Å². The largest absolute Gasteiger partial charge is 0.329 e. The molecule has 0 aromatic rings. The molecule has 2 aliphatic rings. The van der Waals surface area contributed by atoms with Gasteiger partial charge in [-0.05, 0) is 19.9 Å². The molecule has 16 heavy (non-hydrogen) atoms. The molecule has 0 radical (unpaired) electrons. The van der Waals surface area contributed by atoms with Crippen molar-refractivity contribution in [1.82, 2.24) is 9.80 Å². The van der Waals surface area contributed by atoms with Crippen LogP contribution < -0.4 is 5.73 Å². The quantitative estimate of drug-likeness (QED) is 0.719. The maximum atomic E-state index is 6.12. The van der Waals surface area contributed by atoms with Gasteiger partial charge in [-0.25, -0.2) is 0 Å². The molecule has 1 aliphatic carbocycles. The van der Waals surface area contributed by atoms with Crippen LogP contribution in [0.3, 0.4) is 0 Å². The average Bonchev–Trinajstić information content (AvgIpc) is 2.56. The Morgan fingerprint density at radius 1 is 0.938 bits per heavy atom. The van der Waals surface area contributed by atoms with Crippen LogP contribution in [0, 0.1) is 0 Å². The highest BCUT2D eigenvalue weighted by Crippen LogP contribution is 2.32. The Labute approximate surface area is 100.0 Å². The van der Waals surface area contributed by atoms with Crippen molar-refractivity contribution in [2.24, 2.45) is 5.73 Å². The summed E-state index contributed by atoms with van der Waals surface area (Å²) in [5, 5.41) is 0. The minimum atomic E-state index is 0.345. The Morgan fingerprint density at radius 2 is 1.50 bits per heavy atom. The normalized spacial score (nSPS) is 28.9. The first-order valence-corrected chi connectivity index (χ1v) is 6.90. The molecule has 0 atom stereocenters. The molecule has 0 aromatic carbocycles. The van der Waals surface area contributed by atoms with Crippen molar-refractivity contribution in [1.29, 1.82) is 0 Å². The molecule has 0 unspecified atom stereocenters. The second-order valence-electron chi connectivity index (χ2n) is 5.63. The van der Waals surface area contributed by atoms with Crippen molar-refractivity contribution < 1.29 is 0 Å². The molecule has 1 aliphatic heterocycles. The van der Waals surface area contributed by atoms with Crippen LogP contribution in [0.1, 0.15) is 38.5 Å². The summed E-state index contributed by atoms with van der Waals surface area (Å²) in [7, 11) is 2.22. The molecule has 0 aromatic heterocycles. The lowest BCUT2D eigenvalue weighted by atomic mass is 9.87. The van der Waals surface area contributed by atoms with E-state index < -0.39 is 0 Å². The van der Waals surface area contributed by atoms with Crippen LogP contribution in [-0.2, 0) is 0 Å². The maximum absolute atomic E-state index is 6.12. The SMILES string of the molecule is CN1CCN(C2(CN)CCCCCC2)CC1. The highest BCUT2D eigenvalue weighted by Gasteiger charge is 2.36. The van der Waals surface area contributed by atoms with E-state index >= 15 is 0 Å². The molecule has 3 heteroatoms. The number of likely N-dealkylation sites (N-methyl/N-ethyl adjacent to an activating group) is 1. The second-order valence-corrected chi connectivity index (χ2v) is 5.63. The van der Waals surface area contributed by atoms with E-state index in [-0.39, 0.29) is 0 Å². The third-order valence-corrected chi connectivity index (χ3v) is 4.59. The molecule has 1 saturated carbocycles. The molecule has 2 rings (SSSR count). The maximum Gasteiger partial charge on any atom is 0.0332 e. The predicted octanol–water partition coefficient (Wildman–Crippen LogP) is 1.29. The first-order chi connectivity index (χ1) is 7.77. The van der Waals surface area contributed by atoms with Crippen molar-refractivity contribution in [2.45, 2.75) is 44.1 Å². The van der Waals surface area contributed by atoms with Gasteiger partial charge in [-0.2, -0.15) is 0 Å². The number of nitrogens with zero attached hydrogens (tertiary/aromatic N) is 2. The fourth-order valence-electron chi connectivity index (χ4n) is 3.32. The molecular weight excluding hydrogens is 198 g/mol. The zero-order valence-corrected chi connectivity index (χ0v) is 10.7. The van der Waals surface area contributed by atoms with Gasteiger partial charge in [-0.3, -0.25) is 4.90 Å². The molecule has 94 valence electrons. The van der Waals surface area contributed by atoms with Crippen molar-refractivity contribution in [3.8, 4) is 0 Å². The highest BCUT2D eigenvalue weighted by atomic mass is 15.3. The zero-order chi connectivity index (χ0) is 11.4. The highest BCUT2D eigenvalue weighted by molar-refractivity contribution is 4.94. The van der Waals surface area contributed by atoms with Gasteiger partial charge < -0.3 is 10.6 Å². The lowest BCUT2D eigenvalue weighted by Crippen LogP contribution is -2.59. The molecule has 2 N–H and O–H groups in total. The van der Waals surface area contributed by atoms with Crippen LogP contribution in [0.15, 0.2) is 0 Å². The summed E-state index contributed by atoms with van der Waals surface area (Å²) in [5.41, 5.74) is 6.46. The smallest absolute Gasteiger partial charge is 0.0332 e. The molecule has 1 saturated heterocycles. The van der Waals surface area contributed by atoms with Crippen molar-refractivity contribution in [3.63, 3.8) is 0 Å². The summed E-state index contributed by atoms with van der Waals surface area (Å²) in [6, 6.07) is 0. The summed E-state index contributed by atoms with van der Waals surface area (Å²) in [5.74, 6) is 0. The van der Waals surface area contributed by atoms with Crippen LogP contribution in [0.25, 0.3) is 0 Å². The van der Waals surface area contributed by atoms with Gasteiger partial charge in [0.15, 0.2) is 0 Å². The van der Waals surface area contributed by atoms with Gasteiger partial charge in [-0.15, -0.1) is 0 Å². The van der Waals surface area contributed by atoms with Gasteiger partial charge in [0.25, 0.3) is 0 Å². The molecule has 0 amide bonds. The topological polar surface area (TPSA) is 32.5 Å². The van der Waals surface area contributed by atoms with E-state index in [0.29, 0.717) is 5.54 Å². The average molecular weight is 225 g/mol. The monoisotopic (exact) mass is 225 g/mol. The van der Waals surface area contributed by atoms with Crippen LogP contribution >= 0.6 is 0 Å². The van der Waals surface area contributed by atoms with Crippen molar-refractivity contribution >= 4 is 0 Å². The van der Waals surface area contributed by atoms with E-state index in [1.54, 1.807) is 0 Å². The Kier molecular flexibility index (Phi) is 4.22. The lowest BCUT2D eigenvalue weighted by Gasteiger charge is -2.47. The predicted molar refractivity (Wildman–Crippen MR) is 68.6 cm³/mol. The number of hydrogen-bond acceptors (Lipinski definition) is 3. The van der Waals surface area contributed by atoms with Gasteiger partial charge in [-0.1, -0.05) is 25.7 Å². The van der Waals surface area contributed by atoms with Gasteiger partial charge in [0.1, 0.15) is 0 Å². The van der Waals surface area contributed by atoms with Crippen LogP contribution in [-0.4, -0.2) is 55.1 Å². The number of nitrogens with two attached hydrogens (primary N) is 1. The van der Waals surface area contributed by atoms with Crippen molar-refractivity contribution in [3.05, 3.63) is 0 Å². The Balaban J connectivity index is 2.01. The standard InChI is InChI=1S/C13H27N3/c1-15-8-10-16(11-9-15)13(12-14)6-4-2-3-5-7-13/h2-12,14H2,1H3. The summed E-state index contributed by atoms with van der Waals surface area (Å²) in [6.07, 6.45) is 8.23. The van der Waals surface area contributed by atoms with Crippen LogP contribution in [0.5, 0.6) is 0 Å². The van der Waals surface area contributed by atoms with E-state index in [0.717, 1.165) is 6.54 Å². The summed E-state index contributed by atoms with van der Waals surface area (Å²) in [4.78, 5) is 5.12. The molecule has 1 heterocycles. The molecule has 0 bridgehead atoms. The molecule has 3 nitrogen and oxygen atoms in total. The number of piperazine rings is 1. The fraction of sp³-hybridized carbons (Fsp3) is 1.00. The first kappa shape index (κ1) is 12.3. The van der Waals surface area contributed by atoms with Crippen LogP contribution in [0.4, 0.5) is 0 Å². The van der Waals surface area contributed by atoms with E-state index in [1.807, 2.05) is 0 Å². The number of rotatable bonds is 2. The molecule has 0 spiro atoms. The number of hydrogen-bond donors (Lipinski definition) is 1. The third kappa shape index (κ3) is 2.58. The van der Waals surface area contributed by atoms with Crippen LogP contribution in [0.2, 0.25) is 0 Å². The van der Waals surface area contributed by atoms with E-state index in [1.165, 1.54) is 64.7 Å². The van der Waals surface area contributed by atoms with Gasteiger partial charge in [0, 0.05) is 38.3 Å². The third-order valence-electron chi connectivity index (χ3n) is 4.59. The summed E-state index contributed by atoms with van der Waals surface area (Å²) in [6.45, 7) is 5.71. The molecule has 2 fully saturated rings. The lowest BCUT2D eigenvalue weighted by molar-refractivity contribution is 0.0338. The van der Waals surface area contributed by atoms with E-state index in [4.69, 9.17) is 5.73 Å². The minimum absolute atomic E-state index is 0.345. The second kappa shape index (κ2) is 5.48.